The maximum absolute atomic E-state index is 11.6. The quantitative estimate of drug-likeness (QED) is 0.671. The second-order valence-electron chi connectivity index (χ2n) is 7.12. The summed E-state index contributed by atoms with van der Waals surface area (Å²) in [7, 11) is 2.08. The minimum atomic E-state index is -3.46. The van der Waals surface area contributed by atoms with Crippen LogP contribution in [0.5, 0.6) is 0 Å². The van der Waals surface area contributed by atoms with Crippen LogP contribution in [0, 0.1) is 11.3 Å². The Morgan fingerprint density at radius 2 is 1.86 bits per heavy atom. The first-order valence-electron chi connectivity index (χ1n) is 8.46. The van der Waals surface area contributed by atoms with Gasteiger partial charge < -0.3 is 4.74 Å². The van der Waals surface area contributed by atoms with E-state index in [-0.39, 0.29) is 11.2 Å². The Hall–Kier alpha value is 0.200. The van der Waals surface area contributed by atoms with Crippen LogP contribution in [0.1, 0.15) is 71.1 Å². The van der Waals surface area contributed by atoms with E-state index in [2.05, 4.69) is 6.92 Å². The number of hydrogen-bond donors (Lipinski definition) is 0. The Bertz CT molecular complexity index is 415. The van der Waals surface area contributed by atoms with E-state index in [1.54, 1.807) is 0 Å². The third kappa shape index (κ3) is 5.72. The zero-order valence-electron chi connectivity index (χ0n) is 13.2. The highest BCUT2D eigenvalue weighted by molar-refractivity contribution is 8.13. The molecule has 2 atom stereocenters. The molecule has 0 saturated heterocycles. The van der Waals surface area contributed by atoms with E-state index in [9.17, 15) is 8.42 Å². The molecule has 0 aromatic carbocycles. The lowest BCUT2D eigenvalue weighted by Gasteiger charge is -2.38. The molecular formula is C16H29ClO3S. The van der Waals surface area contributed by atoms with E-state index in [4.69, 9.17) is 15.4 Å². The molecule has 2 aliphatic carbocycles. The first-order chi connectivity index (χ1) is 9.92. The van der Waals surface area contributed by atoms with Crippen molar-refractivity contribution in [3.05, 3.63) is 0 Å². The minimum absolute atomic E-state index is 0.0749. The van der Waals surface area contributed by atoms with E-state index in [0.29, 0.717) is 12.7 Å². The summed E-state index contributed by atoms with van der Waals surface area (Å²) in [6.45, 7) is 2.82. The summed E-state index contributed by atoms with van der Waals surface area (Å²) in [6.07, 6.45) is 11.6. The lowest BCUT2D eigenvalue weighted by atomic mass is 9.76. The molecule has 0 radical (unpaired) electrons. The van der Waals surface area contributed by atoms with Gasteiger partial charge in [-0.1, -0.05) is 45.4 Å². The van der Waals surface area contributed by atoms with Crippen LogP contribution in [0.15, 0.2) is 0 Å². The molecule has 2 unspecified atom stereocenters. The molecule has 2 aliphatic rings. The molecule has 3 nitrogen and oxygen atoms in total. The topological polar surface area (TPSA) is 43.4 Å². The fourth-order valence-corrected chi connectivity index (χ4v) is 5.85. The van der Waals surface area contributed by atoms with Crippen molar-refractivity contribution in [2.45, 2.75) is 77.2 Å². The molecule has 0 bridgehead atoms. The molecule has 2 rings (SSSR count). The Kier molecular flexibility index (Phi) is 6.39. The maximum Gasteiger partial charge on any atom is 0.233 e. The standard InChI is InChI=1S/C16H29ClO3S/c1-2-14-7-6-8-15(11-14)20-12-16(13-21(17,18)19)9-4-3-5-10-16/h14-15H,2-13H2,1H3. The van der Waals surface area contributed by atoms with Gasteiger partial charge in [-0.3, -0.25) is 0 Å². The zero-order valence-corrected chi connectivity index (χ0v) is 14.7. The van der Waals surface area contributed by atoms with Gasteiger partial charge in [-0.15, -0.1) is 0 Å². The molecule has 2 saturated carbocycles. The SMILES string of the molecule is CCC1CCCC(OCC2(CS(=O)(=O)Cl)CCCCC2)C1. The van der Waals surface area contributed by atoms with Crippen LogP contribution in [-0.4, -0.2) is 26.9 Å². The second-order valence-corrected chi connectivity index (χ2v) is 9.89. The highest BCUT2D eigenvalue weighted by Gasteiger charge is 2.37. The molecule has 0 aliphatic heterocycles. The zero-order chi connectivity index (χ0) is 15.3. The molecule has 0 heterocycles. The fourth-order valence-electron chi connectivity index (χ4n) is 4.06. The van der Waals surface area contributed by atoms with Crippen molar-refractivity contribution in [3.8, 4) is 0 Å². The molecule has 21 heavy (non-hydrogen) atoms. The monoisotopic (exact) mass is 336 g/mol. The van der Waals surface area contributed by atoms with Gasteiger partial charge in [0.15, 0.2) is 0 Å². The molecule has 0 aromatic heterocycles. The van der Waals surface area contributed by atoms with Crippen molar-refractivity contribution in [3.63, 3.8) is 0 Å². The van der Waals surface area contributed by atoms with E-state index in [1.807, 2.05) is 0 Å². The van der Waals surface area contributed by atoms with Crippen molar-refractivity contribution in [1.82, 2.24) is 0 Å². The summed E-state index contributed by atoms with van der Waals surface area (Å²) in [5.74, 6) is 0.855. The maximum atomic E-state index is 11.6. The van der Waals surface area contributed by atoms with E-state index >= 15 is 0 Å². The third-order valence-corrected chi connectivity index (χ3v) is 6.61. The van der Waals surface area contributed by atoms with Gasteiger partial charge in [0.05, 0.1) is 18.5 Å². The lowest BCUT2D eigenvalue weighted by molar-refractivity contribution is -0.0397. The van der Waals surface area contributed by atoms with Crippen LogP contribution in [0.3, 0.4) is 0 Å². The molecule has 5 heteroatoms. The van der Waals surface area contributed by atoms with Gasteiger partial charge in [0.1, 0.15) is 0 Å². The van der Waals surface area contributed by atoms with Crippen LogP contribution in [0.4, 0.5) is 0 Å². The molecule has 0 aromatic rings. The van der Waals surface area contributed by atoms with Gasteiger partial charge in [0, 0.05) is 16.1 Å². The van der Waals surface area contributed by atoms with Crippen molar-refractivity contribution in [2.24, 2.45) is 11.3 Å². The van der Waals surface area contributed by atoms with Crippen LogP contribution < -0.4 is 0 Å². The number of rotatable bonds is 6. The lowest BCUT2D eigenvalue weighted by Crippen LogP contribution is -2.38. The van der Waals surface area contributed by atoms with E-state index in [0.717, 1.165) is 44.4 Å². The van der Waals surface area contributed by atoms with Gasteiger partial charge in [-0.05, 0) is 31.6 Å². The smallest absolute Gasteiger partial charge is 0.233 e. The number of halogens is 1. The second kappa shape index (κ2) is 7.65. The number of ether oxygens (including phenoxy) is 1. The van der Waals surface area contributed by atoms with Gasteiger partial charge in [-0.2, -0.15) is 0 Å². The molecule has 0 spiro atoms. The van der Waals surface area contributed by atoms with Gasteiger partial charge in [0.2, 0.25) is 9.05 Å². The first-order valence-corrected chi connectivity index (χ1v) is 10.9. The Morgan fingerprint density at radius 3 is 2.48 bits per heavy atom. The predicted molar refractivity (Wildman–Crippen MR) is 87.1 cm³/mol. The molecule has 2 fully saturated rings. The summed E-state index contributed by atoms with van der Waals surface area (Å²) in [5, 5.41) is 0. The molecule has 0 N–H and O–H groups in total. The van der Waals surface area contributed by atoms with E-state index < -0.39 is 9.05 Å². The van der Waals surface area contributed by atoms with Crippen molar-refractivity contribution in [2.75, 3.05) is 12.4 Å². The number of hydrogen-bond acceptors (Lipinski definition) is 3. The third-order valence-electron chi connectivity index (χ3n) is 5.33. The Morgan fingerprint density at radius 1 is 1.14 bits per heavy atom. The van der Waals surface area contributed by atoms with Crippen molar-refractivity contribution in [1.29, 1.82) is 0 Å². The van der Waals surface area contributed by atoms with Crippen LogP contribution in [-0.2, 0) is 13.8 Å². The van der Waals surface area contributed by atoms with Gasteiger partial charge >= 0.3 is 0 Å². The van der Waals surface area contributed by atoms with Crippen LogP contribution in [0.2, 0.25) is 0 Å². The van der Waals surface area contributed by atoms with Crippen molar-refractivity contribution >= 4 is 19.7 Å². The average molecular weight is 337 g/mol. The fraction of sp³-hybridized carbons (Fsp3) is 1.00. The first kappa shape index (κ1) is 17.6. The van der Waals surface area contributed by atoms with Gasteiger partial charge in [0.25, 0.3) is 0 Å². The summed E-state index contributed by atoms with van der Waals surface area (Å²) in [5.41, 5.74) is -0.238. The highest BCUT2D eigenvalue weighted by Crippen LogP contribution is 2.40. The van der Waals surface area contributed by atoms with E-state index in [1.165, 1.54) is 25.7 Å². The predicted octanol–water partition coefficient (Wildman–Crippen LogP) is 4.49. The summed E-state index contributed by atoms with van der Waals surface area (Å²) in [6, 6.07) is 0. The normalized spacial score (nSPS) is 30.2. The highest BCUT2D eigenvalue weighted by atomic mass is 35.7. The van der Waals surface area contributed by atoms with Crippen LogP contribution >= 0.6 is 10.7 Å². The van der Waals surface area contributed by atoms with Gasteiger partial charge in [-0.25, -0.2) is 8.42 Å². The molecule has 124 valence electrons. The summed E-state index contributed by atoms with van der Waals surface area (Å²) in [4.78, 5) is 0. The Labute approximate surface area is 134 Å². The average Bonchev–Trinajstić information content (AvgIpc) is 2.45. The molecular weight excluding hydrogens is 308 g/mol. The summed E-state index contributed by atoms with van der Waals surface area (Å²) < 4.78 is 29.3. The van der Waals surface area contributed by atoms with Crippen molar-refractivity contribution < 1.29 is 13.2 Å². The van der Waals surface area contributed by atoms with Crippen LogP contribution in [0.25, 0.3) is 0 Å². The molecule has 0 amide bonds. The largest absolute Gasteiger partial charge is 0.378 e. The Balaban J connectivity index is 1.92. The minimum Gasteiger partial charge on any atom is -0.378 e. The summed E-state index contributed by atoms with van der Waals surface area (Å²) >= 11 is 0.